The average Bonchev–Trinajstić information content (AvgIpc) is 3.59. The molecule has 5 aromatic rings. The number of hydrogen-bond donors (Lipinski definition) is 3. The van der Waals surface area contributed by atoms with Crippen LogP contribution in [-0.2, 0) is 5.41 Å². The monoisotopic (exact) mass is 544 g/mol. The van der Waals surface area contributed by atoms with Gasteiger partial charge in [0.25, 0.3) is 0 Å². The molecule has 0 saturated heterocycles. The van der Waals surface area contributed by atoms with E-state index in [2.05, 4.69) is 46.4 Å². The first-order valence-corrected chi connectivity index (χ1v) is 13.0. The number of imidazole rings is 1. The minimum absolute atomic E-state index is 0.219. The van der Waals surface area contributed by atoms with E-state index in [9.17, 15) is 4.79 Å². The molecule has 2 amide bonds. The summed E-state index contributed by atoms with van der Waals surface area (Å²) >= 11 is 1.46. The summed E-state index contributed by atoms with van der Waals surface area (Å²) in [6.07, 6.45) is 3.40. The molecule has 0 aliphatic heterocycles. The number of fused-ring (bicyclic) bond motifs is 1. The molecular weight excluding hydrogens is 516 g/mol. The lowest BCUT2D eigenvalue weighted by atomic mass is 9.96. The van der Waals surface area contributed by atoms with Crippen LogP contribution in [0.3, 0.4) is 0 Å². The number of carbonyl (C=O) groups excluding carboxylic acids is 1. The van der Waals surface area contributed by atoms with Gasteiger partial charge in [-0.15, -0.1) is 11.3 Å². The van der Waals surface area contributed by atoms with Gasteiger partial charge >= 0.3 is 6.03 Å². The van der Waals surface area contributed by atoms with E-state index in [1.807, 2.05) is 6.07 Å². The first-order valence-electron chi connectivity index (χ1n) is 12.1. The van der Waals surface area contributed by atoms with Crippen LogP contribution < -0.4 is 24.8 Å². The fraction of sp³-hybridized carbons (Fsp3) is 0.214. The number of nitrogens with one attached hydrogen (secondary N) is 3. The molecule has 200 valence electrons. The summed E-state index contributed by atoms with van der Waals surface area (Å²) in [4.78, 5) is 30.2. The number of anilines is 2. The van der Waals surface area contributed by atoms with Gasteiger partial charge in [0.1, 0.15) is 28.8 Å². The van der Waals surface area contributed by atoms with E-state index in [0.717, 1.165) is 16.1 Å². The second-order valence-electron chi connectivity index (χ2n) is 9.66. The molecule has 3 N–H and O–H groups in total. The van der Waals surface area contributed by atoms with Gasteiger partial charge in [0.05, 0.1) is 30.1 Å². The van der Waals surface area contributed by atoms with Crippen molar-refractivity contribution in [3.05, 3.63) is 66.2 Å². The molecule has 0 unspecified atom stereocenters. The number of ether oxygens (including phenoxy) is 3. The quantitative estimate of drug-likeness (QED) is 0.205. The van der Waals surface area contributed by atoms with Gasteiger partial charge < -0.3 is 24.5 Å². The lowest BCUT2D eigenvalue weighted by molar-refractivity contribution is 0.262. The molecule has 0 atom stereocenters. The lowest BCUT2D eigenvalue weighted by Crippen LogP contribution is -2.20. The number of carbonyl (C=O) groups is 1. The first kappa shape index (κ1) is 26.0. The Morgan fingerprint density at radius 1 is 0.974 bits per heavy atom. The summed E-state index contributed by atoms with van der Waals surface area (Å²) in [7, 11) is 3.16. The molecule has 0 radical (unpaired) electrons. The number of rotatable bonds is 7. The first-order chi connectivity index (χ1) is 18.7. The second-order valence-corrected chi connectivity index (χ2v) is 10.6. The van der Waals surface area contributed by atoms with Crippen molar-refractivity contribution in [2.75, 3.05) is 24.9 Å². The molecular formula is C28H28N6O4S. The number of nitrogens with zero attached hydrogens (tertiary/aromatic N) is 3. The molecule has 5 rings (SSSR count). The third kappa shape index (κ3) is 5.63. The molecule has 0 fully saturated rings. The second kappa shape index (κ2) is 10.6. The number of pyridine rings is 1. The molecule has 3 heterocycles. The number of benzene rings is 2. The van der Waals surface area contributed by atoms with Crippen molar-refractivity contribution in [3.8, 4) is 33.6 Å². The molecule has 0 aliphatic rings. The largest absolute Gasteiger partial charge is 0.493 e. The van der Waals surface area contributed by atoms with Gasteiger partial charge in [-0.3, -0.25) is 15.3 Å². The maximum atomic E-state index is 12.9. The smallest absolute Gasteiger partial charge is 0.324 e. The van der Waals surface area contributed by atoms with E-state index in [-0.39, 0.29) is 5.41 Å². The molecule has 0 spiro atoms. The number of aromatic amines is 1. The molecule has 0 saturated carbocycles. The van der Waals surface area contributed by atoms with Gasteiger partial charge in [-0.25, -0.2) is 9.78 Å². The Balaban J connectivity index is 1.30. The van der Waals surface area contributed by atoms with Crippen LogP contribution >= 0.6 is 11.3 Å². The highest BCUT2D eigenvalue weighted by Gasteiger charge is 2.23. The van der Waals surface area contributed by atoms with Gasteiger partial charge in [0.2, 0.25) is 0 Å². The summed E-state index contributed by atoms with van der Waals surface area (Å²) in [5.74, 6) is 3.66. The van der Waals surface area contributed by atoms with Crippen LogP contribution in [0.15, 0.2) is 60.4 Å². The number of urea groups is 1. The van der Waals surface area contributed by atoms with Crippen molar-refractivity contribution in [1.82, 2.24) is 19.9 Å². The van der Waals surface area contributed by atoms with Crippen LogP contribution in [0.2, 0.25) is 0 Å². The fourth-order valence-electron chi connectivity index (χ4n) is 3.88. The zero-order valence-corrected chi connectivity index (χ0v) is 23.0. The van der Waals surface area contributed by atoms with Crippen LogP contribution in [-0.4, -0.2) is 40.2 Å². The van der Waals surface area contributed by atoms with Gasteiger partial charge in [0, 0.05) is 34.9 Å². The molecule has 0 bridgehead atoms. The average molecular weight is 545 g/mol. The number of aromatic nitrogens is 4. The predicted molar refractivity (Wildman–Crippen MR) is 152 cm³/mol. The van der Waals surface area contributed by atoms with Crippen LogP contribution in [0, 0.1) is 0 Å². The van der Waals surface area contributed by atoms with Gasteiger partial charge in [-0.1, -0.05) is 20.8 Å². The number of H-pyrrole nitrogens is 1. The maximum Gasteiger partial charge on any atom is 0.324 e. The van der Waals surface area contributed by atoms with Gasteiger partial charge in [0.15, 0.2) is 11.5 Å². The summed E-state index contributed by atoms with van der Waals surface area (Å²) in [5, 5.41) is 6.52. The fourth-order valence-corrected chi connectivity index (χ4v) is 4.49. The Morgan fingerprint density at radius 3 is 2.38 bits per heavy atom. The Hall–Kier alpha value is -4.64. The zero-order valence-electron chi connectivity index (χ0n) is 22.2. The summed E-state index contributed by atoms with van der Waals surface area (Å²) in [6, 6.07) is 12.1. The Bertz CT molecular complexity index is 1610. The van der Waals surface area contributed by atoms with E-state index in [1.165, 1.54) is 11.3 Å². The third-order valence-electron chi connectivity index (χ3n) is 5.87. The van der Waals surface area contributed by atoms with E-state index in [4.69, 9.17) is 19.2 Å². The molecule has 39 heavy (non-hydrogen) atoms. The summed E-state index contributed by atoms with van der Waals surface area (Å²) in [6.45, 7) is 6.16. The molecule has 2 aromatic carbocycles. The van der Waals surface area contributed by atoms with Crippen molar-refractivity contribution in [2.24, 2.45) is 0 Å². The Morgan fingerprint density at radius 2 is 1.72 bits per heavy atom. The van der Waals surface area contributed by atoms with E-state index in [0.29, 0.717) is 45.7 Å². The van der Waals surface area contributed by atoms with Crippen LogP contribution in [0.1, 0.15) is 26.6 Å². The SMILES string of the molecule is COc1cc2nccc(Oc3ccc(NC(=O)Nc4[nH]c(C(C)(C)C)nc4-c4cncs4)cc3)c2cc1OC. The maximum absolute atomic E-state index is 12.9. The zero-order chi connectivity index (χ0) is 27.6. The number of hydrogen-bond acceptors (Lipinski definition) is 8. The Labute approximate surface area is 229 Å². The Kier molecular flexibility index (Phi) is 7.07. The minimum atomic E-state index is -0.403. The third-order valence-corrected chi connectivity index (χ3v) is 6.65. The van der Waals surface area contributed by atoms with Crippen LogP contribution in [0.25, 0.3) is 21.5 Å². The molecule has 10 nitrogen and oxygen atoms in total. The highest BCUT2D eigenvalue weighted by atomic mass is 32.1. The van der Waals surface area contributed by atoms with Crippen LogP contribution in [0.4, 0.5) is 16.3 Å². The molecule has 0 aliphatic carbocycles. The van der Waals surface area contributed by atoms with E-state index in [1.54, 1.807) is 68.5 Å². The topological polar surface area (TPSA) is 123 Å². The van der Waals surface area contributed by atoms with Crippen molar-refractivity contribution >= 4 is 39.8 Å². The number of methoxy groups -OCH3 is 2. The number of thiazole rings is 1. The predicted octanol–water partition coefficient (Wildman–Crippen LogP) is 6.83. The van der Waals surface area contributed by atoms with Crippen LogP contribution in [0.5, 0.6) is 23.0 Å². The van der Waals surface area contributed by atoms with Gasteiger partial charge in [-0.2, -0.15) is 0 Å². The van der Waals surface area contributed by atoms with Crippen molar-refractivity contribution in [1.29, 1.82) is 0 Å². The minimum Gasteiger partial charge on any atom is -0.493 e. The normalized spacial score (nSPS) is 11.3. The summed E-state index contributed by atoms with van der Waals surface area (Å²) < 4.78 is 16.9. The highest BCUT2D eigenvalue weighted by molar-refractivity contribution is 7.13. The highest BCUT2D eigenvalue weighted by Crippen LogP contribution is 2.37. The standard InChI is InChI=1S/C28H28N6O4S/c1-28(2,3)26-32-24(23-14-29-15-39-23)25(33-26)34-27(35)31-16-6-8-17(9-7-16)38-20-10-11-30-19-13-22(37-5)21(36-4)12-18(19)20/h6-15H,1-5H3,(H,32,33)(H2,31,34,35). The van der Waals surface area contributed by atoms with Crippen molar-refractivity contribution < 1.29 is 19.0 Å². The van der Waals surface area contributed by atoms with E-state index < -0.39 is 6.03 Å². The molecule has 3 aromatic heterocycles. The van der Waals surface area contributed by atoms with Crippen molar-refractivity contribution in [3.63, 3.8) is 0 Å². The van der Waals surface area contributed by atoms with E-state index >= 15 is 0 Å². The summed E-state index contributed by atoms with van der Waals surface area (Å²) in [5.41, 5.74) is 3.48. The van der Waals surface area contributed by atoms with Crippen molar-refractivity contribution in [2.45, 2.75) is 26.2 Å². The van der Waals surface area contributed by atoms with Gasteiger partial charge in [-0.05, 0) is 36.4 Å². The molecule has 11 heteroatoms. The number of amides is 2. The lowest BCUT2D eigenvalue weighted by Gasteiger charge is -2.14.